The van der Waals surface area contributed by atoms with E-state index < -0.39 is 0 Å². The van der Waals surface area contributed by atoms with Crippen LogP contribution >= 0.6 is 0 Å². The van der Waals surface area contributed by atoms with Crippen LogP contribution in [0.5, 0.6) is 5.88 Å². The molecule has 0 amide bonds. The number of hydrogen-bond acceptors (Lipinski definition) is 3. The van der Waals surface area contributed by atoms with Crippen LogP contribution in [0.3, 0.4) is 0 Å². The number of pyridine rings is 1. The Balaban J connectivity index is 1.72. The van der Waals surface area contributed by atoms with E-state index in [1.165, 1.54) is 25.7 Å². The normalized spacial score (nSPS) is 15.4. The van der Waals surface area contributed by atoms with Crippen LogP contribution in [0.1, 0.15) is 57.4 Å². The second-order valence-corrected chi connectivity index (χ2v) is 5.86. The van der Waals surface area contributed by atoms with E-state index in [-0.39, 0.29) is 0 Å². The van der Waals surface area contributed by atoms with Crippen molar-refractivity contribution in [3.63, 3.8) is 0 Å². The van der Waals surface area contributed by atoms with Gasteiger partial charge in [0.05, 0.1) is 6.54 Å². The summed E-state index contributed by atoms with van der Waals surface area (Å²) in [4.78, 5) is 8.62. The summed E-state index contributed by atoms with van der Waals surface area (Å²) in [6.45, 7) is 3.65. The van der Waals surface area contributed by atoms with Crippen LogP contribution in [0.4, 0.5) is 0 Å². The summed E-state index contributed by atoms with van der Waals surface area (Å²) in [5, 5.41) is 3.16. The van der Waals surface area contributed by atoms with Crippen LogP contribution in [-0.2, 0) is 6.54 Å². The molecule has 0 radical (unpaired) electrons. The smallest absolute Gasteiger partial charge is 0.213 e. The molecule has 1 saturated carbocycles. The molecule has 0 aliphatic heterocycles. The lowest BCUT2D eigenvalue weighted by atomic mass is 9.96. The topological polar surface area (TPSA) is 72.5 Å². The number of hydrogen-bond donors (Lipinski definition) is 2. The maximum atomic E-state index is 5.88. The molecule has 1 fully saturated rings. The number of rotatable bonds is 9. The lowest BCUT2D eigenvalue weighted by Gasteiger charge is -2.25. The molecular weight excluding hydrogens is 276 g/mol. The van der Waals surface area contributed by atoms with E-state index in [0.29, 0.717) is 24.5 Å². The summed E-state index contributed by atoms with van der Waals surface area (Å²) < 4.78 is 5.79. The van der Waals surface area contributed by atoms with Gasteiger partial charge >= 0.3 is 0 Å². The highest BCUT2D eigenvalue weighted by Gasteiger charge is 2.19. The molecule has 0 aromatic carbocycles. The minimum absolute atomic E-state index is 0.348. The van der Waals surface area contributed by atoms with Crippen molar-refractivity contribution in [3.8, 4) is 5.88 Å². The number of guanidine groups is 1. The van der Waals surface area contributed by atoms with Crippen LogP contribution < -0.4 is 15.8 Å². The van der Waals surface area contributed by atoms with Gasteiger partial charge in [-0.3, -0.25) is 0 Å². The molecule has 0 saturated heterocycles. The lowest BCUT2D eigenvalue weighted by molar-refractivity contribution is 0.114. The molecule has 3 N–H and O–H groups in total. The Morgan fingerprint density at radius 1 is 1.41 bits per heavy atom. The third kappa shape index (κ3) is 5.92. The Labute approximate surface area is 133 Å². The van der Waals surface area contributed by atoms with Crippen molar-refractivity contribution in [2.24, 2.45) is 10.7 Å². The van der Waals surface area contributed by atoms with Gasteiger partial charge < -0.3 is 15.8 Å². The number of nitrogens with one attached hydrogen (secondary N) is 1. The number of aliphatic imine (C=N–C) groups is 1. The second-order valence-electron chi connectivity index (χ2n) is 5.86. The lowest BCUT2D eigenvalue weighted by Crippen LogP contribution is -2.32. The largest absolute Gasteiger partial charge is 0.474 e. The number of nitrogens with two attached hydrogens (primary N) is 1. The van der Waals surface area contributed by atoms with Gasteiger partial charge in [-0.05, 0) is 37.3 Å². The maximum absolute atomic E-state index is 5.88. The number of ether oxygens (including phenoxy) is 1. The Morgan fingerprint density at radius 2 is 2.27 bits per heavy atom. The van der Waals surface area contributed by atoms with Gasteiger partial charge in [-0.25, -0.2) is 9.98 Å². The number of aromatic nitrogens is 1. The molecule has 22 heavy (non-hydrogen) atoms. The molecule has 0 unspecified atom stereocenters. The van der Waals surface area contributed by atoms with E-state index in [9.17, 15) is 0 Å². The molecule has 1 aliphatic carbocycles. The Morgan fingerprint density at radius 3 is 3.00 bits per heavy atom. The molecule has 1 aliphatic rings. The van der Waals surface area contributed by atoms with Crippen LogP contribution in [0, 0.1) is 0 Å². The number of unbranched alkanes of at least 4 members (excludes halogenated alkanes) is 3. The van der Waals surface area contributed by atoms with Crippen molar-refractivity contribution in [3.05, 3.63) is 23.9 Å². The molecule has 5 nitrogen and oxygen atoms in total. The van der Waals surface area contributed by atoms with Crippen LogP contribution in [0.25, 0.3) is 0 Å². The van der Waals surface area contributed by atoms with Crippen LogP contribution in [0.15, 0.2) is 23.3 Å². The van der Waals surface area contributed by atoms with Gasteiger partial charge in [0.25, 0.3) is 0 Å². The van der Waals surface area contributed by atoms with Gasteiger partial charge in [0.1, 0.15) is 6.10 Å². The van der Waals surface area contributed by atoms with E-state index in [1.54, 1.807) is 6.20 Å². The number of nitrogens with zero attached hydrogens (tertiary/aromatic N) is 2. The predicted molar refractivity (Wildman–Crippen MR) is 90.0 cm³/mol. The van der Waals surface area contributed by atoms with Crippen molar-refractivity contribution < 1.29 is 4.74 Å². The summed E-state index contributed by atoms with van der Waals surface area (Å²) >= 11 is 0. The minimum atomic E-state index is 0.348. The molecular formula is C17H28N4O. The fourth-order valence-corrected chi connectivity index (χ4v) is 2.27. The van der Waals surface area contributed by atoms with E-state index in [0.717, 1.165) is 31.4 Å². The molecule has 5 heteroatoms. The van der Waals surface area contributed by atoms with E-state index in [1.807, 2.05) is 12.1 Å². The average Bonchev–Trinajstić information content (AvgIpc) is 2.49. The minimum Gasteiger partial charge on any atom is -0.474 e. The van der Waals surface area contributed by atoms with E-state index in [2.05, 4.69) is 22.2 Å². The summed E-state index contributed by atoms with van der Waals surface area (Å²) in [6, 6.07) is 3.90. The van der Waals surface area contributed by atoms with Gasteiger partial charge in [0, 0.05) is 18.8 Å². The second kappa shape index (κ2) is 9.28. The van der Waals surface area contributed by atoms with Crippen molar-refractivity contribution in [2.75, 3.05) is 6.54 Å². The molecule has 1 heterocycles. The molecule has 122 valence electrons. The van der Waals surface area contributed by atoms with Crippen LogP contribution in [0.2, 0.25) is 0 Å². The first kappa shape index (κ1) is 16.6. The van der Waals surface area contributed by atoms with Crippen molar-refractivity contribution in [2.45, 2.75) is 64.5 Å². The first-order chi connectivity index (χ1) is 10.8. The SMILES string of the molecule is CCCCCCNC(N)=NCc1ccnc(OC2CCC2)c1. The van der Waals surface area contributed by atoms with Crippen LogP contribution in [-0.4, -0.2) is 23.6 Å². The van der Waals surface area contributed by atoms with Crippen molar-refractivity contribution in [1.29, 1.82) is 0 Å². The van der Waals surface area contributed by atoms with Crippen molar-refractivity contribution in [1.82, 2.24) is 10.3 Å². The molecule has 2 rings (SSSR count). The first-order valence-electron chi connectivity index (χ1n) is 8.43. The predicted octanol–water partition coefficient (Wildman–Crippen LogP) is 3.00. The molecule has 0 atom stereocenters. The zero-order valence-electron chi connectivity index (χ0n) is 13.6. The zero-order valence-corrected chi connectivity index (χ0v) is 13.6. The first-order valence-corrected chi connectivity index (χ1v) is 8.43. The highest BCUT2D eigenvalue weighted by Crippen LogP contribution is 2.24. The van der Waals surface area contributed by atoms with Gasteiger partial charge in [-0.1, -0.05) is 26.2 Å². The highest BCUT2D eigenvalue weighted by molar-refractivity contribution is 5.77. The molecule has 1 aromatic rings. The fraction of sp³-hybridized carbons (Fsp3) is 0.647. The van der Waals surface area contributed by atoms with Gasteiger partial charge in [0.15, 0.2) is 5.96 Å². The molecule has 0 spiro atoms. The summed E-state index contributed by atoms with van der Waals surface area (Å²) in [6.07, 6.45) is 10.6. The fourth-order valence-electron chi connectivity index (χ4n) is 2.27. The zero-order chi connectivity index (χ0) is 15.6. The Kier molecular flexibility index (Phi) is 7.00. The standard InChI is InChI=1S/C17H28N4O/c1-2-3-4-5-10-20-17(18)21-13-14-9-11-19-16(12-14)22-15-7-6-8-15/h9,11-12,15H,2-8,10,13H2,1H3,(H3,18,20,21). The van der Waals surface area contributed by atoms with Gasteiger partial charge in [0.2, 0.25) is 5.88 Å². The average molecular weight is 304 g/mol. The third-order valence-corrected chi connectivity index (χ3v) is 3.91. The van der Waals surface area contributed by atoms with Crippen molar-refractivity contribution >= 4 is 5.96 Å². The van der Waals surface area contributed by atoms with Gasteiger partial charge in [-0.15, -0.1) is 0 Å². The van der Waals surface area contributed by atoms with Gasteiger partial charge in [-0.2, -0.15) is 0 Å². The quantitative estimate of drug-likeness (QED) is 0.418. The maximum Gasteiger partial charge on any atom is 0.213 e. The summed E-state index contributed by atoms with van der Waals surface area (Å²) in [5.74, 6) is 1.21. The summed E-state index contributed by atoms with van der Waals surface area (Å²) in [5.41, 5.74) is 6.95. The molecule has 1 aromatic heterocycles. The Hall–Kier alpha value is -1.78. The van der Waals surface area contributed by atoms with E-state index >= 15 is 0 Å². The van der Waals surface area contributed by atoms with E-state index in [4.69, 9.17) is 10.5 Å². The summed E-state index contributed by atoms with van der Waals surface area (Å²) in [7, 11) is 0. The molecule has 0 bridgehead atoms. The Bertz CT molecular complexity index is 471. The third-order valence-electron chi connectivity index (χ3n) is 3.91. The monoisotopic (exact) mass is 304 g/mol. The highest BCUT2D eigenvalue weighted by atomic mass is 16.5.